The van der Waals surface area contributed by atoms with Crippen molar-refractivity contribution in [2.75, 3.05) is 11.9 Å². The fourth-order valence-electron chi connectivity index (χ4n) is 4.60. The monoisotopic (exact) mass is 363 g/mol. The topological polar surface area (TPSA) is 46.6 Å². The van der Waals surface area contributed by atoms with Crippen molar-refractivity contribution in [3.63, 3.8) is 0 Å². The van der Waals surface area contributed by atoms with Crippen LogP contribution in [0.4, 0.5) is 18.9 Å². The van der Waals surface area contributed by atoms with Gasteiger partial charge >= 0.3 is 18.1 Å². The minimum atomic E-state index is -4.81. The minimum absolute atomic E-state index is 0.0125. The van der Waals surface area contributed by atoms with Gasteiger partial charge in [-0.05, 0) is 13.0 Å². The first-order valence-corrected chi connectivity index (χ1v) is 8.11. The van der Waals surface area contributed by atoms with E-state index < -0.39 is 40.2 Å². The Labute approximate surface area is 147 Å². The molecular formula is C19H16F3NO3. The SMILES string of the molecule is CN1c2ccccc2C2=C(C(F)(F)F)C3=C(C(=O)OC3=O)C(C)(C)C21C. The van der Waals surface area contributed by atoms with Gasteiger partial charge in [-0.2, -0.15) is 13.2 Å². The van der Waals surface area contributed by atoms with Crippen LogP contribution in [0.3, 0.4) is 0 Å². The molecular weight excluding hydrogens is 347 g/mol. The summed E-state index contributed by atoms with van der Waals surface area (Å²) in [4.78, 5) is 26.3. The molecule has 136 valence electrons. The number of halogens is 3. The lowest BCUT2D eigenvalue weighted by Gasteiger charge is -2.50. The minimum Gasteiger partial charge on any atom is -0.386 e. The predicted octanol–water partition coefficient (Wildman–Crippen LogP) is 3.63. The van der Waals surface area contributed by atoms with Gasteiger partial charge in [-0.3, -0.25) is 0 Å². The summed E-state index contributed by atoms with van der Waals surface area (Å²) in [5.74, 6) is -2.23. The van der Waals surface area contributed by atoms with E-state index >= 15 is 0 Å². The van der Waals surface area contributed by atoms with Crippen LogP contribution < -0.4 is 4.90 Å². The van der Waals surface area contributed by atoms with E-state index in [-0.39, 0.29) is 11.1 Å². The molecule has 3 aliphatic rings. The number of ether oxygens (including phenoxy) is 1. The smallest absolute Gasteiger partial charge is 0.386 e. The van der Waals surface area contributed by atoms with Crippen molar-refractivity contribution in [2.45, 2.75) is 32.5 Å². The number of fused-ring (bicyclic) bond motifs is 3. The number of esters is 2. The largest absolute Gasteiger partial charge is 0.417 e. The molecule has 0 radical (unpaired) electrons. The number of nitrogens with zero attached hydrogens (tertiary/aromatic N) is 1. The van der Waals surface area contributed by atoms with Crippen LogP contribution in [-0.4, -0.2) is 30.7 Å². The zero-order chi connectivity index (χ0) is 19.2. The van der Waals surface area contributed by atoms with Crippen molar-refractivity contribution >= 4 is 23.2 Å². The lowest BCUT2D eigenvalue weighted by atomic mass is 9.58. The van der Waals surface area contributed by atoms with E-state index in [1.165, 1.54) is 0 Å². The van der Waals surface area contributed by atoms with Gasteiger partial charge in [0.2, 0.25) is 0 Å². The third-order valence-corrected chi connectivity index (χ3v) is 6.16. The fourth-order valence-corrected chi connectivity index (χ4v) is 4.60. The molecule has 1 unspecified atom stereocenters. The Kier molecular flexibility index (Phi) is 2.97. The van der Waals surface area contributed by atoms with E-state index in [9.17, 15) is 22.8 Å². The van der Waals surface area contributed by atoms with E-state index in [0.717, 1.165) is 0 Å². The Morgan fingerprint density at radius 3 is 2.23 bits per heavy atom. The van der Waals surface area contributed by atoms with E-state index in [0.29, 0.717) is 11.3 Å². The van der Waals surface area contributed by atoms with Crippen molar-refractivity contribution < 1.29 is 27.5 Å². The molecule has 0 aromatic heterocycles. The molecule has 4 rings (SSSR count). The molecule has 0 fully saturated rings. The van der Waals surface area contributed by atoms with Gasteiger partial charge in [0.05, 0.1) is 22.3 Å². The second kappa shape index (κ2) is 4.58. The van der Waals surface area contributed by atoms with Crippen LogP contribution >= 0.6 is 0 Å². The zero-order valence-electron chi connectivity index (χ0n) is 14.6. The van der Waals surface area contributed by atoms with Gasteiger partial charge in [-0.25, -0.2) is 9.59 Å². The molecule has 0 saturated carbocycles. The van der Waals surface area contributed by atoms with E-state index in [1.54, 1.807) is 57.0 Å². The highest BCUT2D eigenvalue weighted by Gasteiger charge is 2.65. The number of benzene rings is 1. The Balaban J connectivity index is 2.22. The number of likely N-dealkylation sites (N-methyl/N-ethyl adjacent to an activating group) is 1. The lowest BCUT2D eigenvalue weighted by Crippen LogP contribution is -2.56. The number of carbonyl (C=O) groups is 2. The Bertz CT molecular complexity index is 955. The molecule has 0 N–H and O–H groups in total. The highest BCUT2D eigenvalue weighted by atomic mass is 19.4. The highest BCUT2D eigenvalue weighted by molar-refractivity contribution is 6.19. The summed E-state index contributed by atoms with van der Waals surface area (Å²) in [6, 6.07) is 6.76. The summed E-state index contributed by atoms with van der Waals surface area (Å²) >= 11 is 0. The maximum atomic E-state index is 14.1. The van der Waals surface area contributed by atoms with Crippen molar-refractivity contribution in [3.8, 4) is 0 Å². The molecule has 0 spiro atoms. The van der Waals surface area contributed by atoms with Gasteiger partial charge in [-0.1, -0.05) is 32.0 Å². The number of hydrogen-bond acceptors (Lipinski definition) is 4. The van der Waals surface area contributed by atoms with Crippen molar-refractivity contribution in [2.24, 2.45) is 5.41 Å². The van der Waals surface area contributed by atoms with E-state index in [1.807, 2.05) is 0 Å². The molecule has 26 heavy (non-hydrogen) atoms. The maximum absolute atomic E-state index is 14.1. The van der Waals surface area contributed by atoms with Crippen LogP contribution in [0.1, 0.15) is 26.3 Å². The second-order valence-corrected chi connectivity index (χ2v) is 7.45. The highest BCUT2D eigenvalue weighted by Crippen LogP contribution is 2.64. The molecule has 4 nitrogen and oxygen atoms in total. The quantitative estimate of drug-likeness (QED) is 0.522. The predicted molar refractivity (Wildman–Crippen MR) is 88.1 cm³/mol. The van der Waals surface area contributed by atoms with Gasteiger partial charge in [0.25, 0.3) is 0 Å². The van der Waals surface area contributed by atoms with Crippen LogP contribution in [-0.2, 0) is 14.3 Å². The summed E-state index contributed by atoms with van der Waals surface area (Å²) in [7, 11) is 1.70. The van der Waals surface area contributed by atoms with Gasteiger partial charge in [0.15, 0.2) is 0 Å². The summed E-state index contributed by atoms with van der Waals surface area (Å²) in [5.41, 5.74) is -3.13. The number of alkyl halides is 3. The fraction of sp³-hybridized carbons (Fsp3) is 0.368. The molecule has 2 aliphatic heterocycles. The summed E-state index contributed by atoms with van der Waals surface area (Å²) in [6.07, 6.45) is -4.81. The van der Waals surface area contributed by atoms with Crippen LogP contribution in [0, 0.1) is 5.41 Å². The number of cyclic esters (lactones) is 2. The van der Waals surface area contributed by atoms with Gasteiger partial charge in [0, 0.05) is 29.3 Å². The zero-order valence-corrected chi connectivity index (χ0v) is 14.6. The van der Waals surface area contributed by atoms with Crippen molar-refractivity contribution in [3.05, 3.63) is 46.5 Å². The van der Waals surface area contributed by atoms with Gasteiger partial charge in [0.1, 0.15) is 0 Å². The molecule has 7 heteroatoms. The molecule has 0 bridgehead atoms. The number of anilines is 1. The molecule has 1 aliphatic carbocycles. The Morgan fingerprint density at radius 2 is 1.62 bits per heavy atom. The number of carbonyl (C=O) groups excluding carboxylic acids is 2. The Hall–Kier alpha value is -2.57. The van der Waals surface area contributed by atoms with Gasteiger partial charge in [-0.15, -0.1) is 0 Å². The standard InChI is InChI=1S/C19H16F3NO3/c1-17(2)14-11(15(24)26-16(14)25)13(19(20,21)22)12-9-7-5-6-8-10(9)23(4)18(12,17)3/h5-8H,1-4H3. The summed E-state index contributed by atoms with van der Waals surface area (Å²) in [6.45, 7) is 5.03. The van der Waals surface area contributed by atoms with Crippen LogP contribution in [0.15, 0.2) is 41.0 Å². The third-order valence-electron chi connectivity index (χ3n) is 6.16. The first-order chi connectivity index (χ1) is 11.9. The first kappa shape index (κ1) is 16.9. The van der Waals surface area contributed by atoms with Gasteiger partial charge < -0.3 is 9.64 Å². The summed E-state index contributed by atoms with van der Waals surface area (Å²) in [5, 5.41) is 0. The third kappa shape index (κ3) is 1.66. The maximum Gasteiger partial charge on any atom is 0.417 e. The molecule has 1 atom stereocenters. The number of para-hydroxylation sites is 1. The van der Waals surface area contributed by atoms with Crippen molar-refractivity contribution in [1.82, 2.24) is 0 Å². The number of rotatable bonds is 0. The van der Waals surface area contributed by atoms with E-state index in [4.69, 9.17) is 0 Å². The van der Waals surface area contributed by atoms with Crippen molar-refractivity contribution in [1.29, 1.82) is 0 Å². The molecule has 0 amide bonds. The number of hydrogen-bond donors (Lipinski definition) is 0. The Morgan fingerprint density at radius 1 is 1.00 bits per heavy atom. The van der Waals surface area contributed by atoms with Crippen LogP contribution in [0.5, 0.6) is 0 Å². The summed E-state index contributed by atoms with van der Waals surface area (Å²) < 4.78 is 47.0. The average Bonchev–Trinajstić information content (AvgIpc) is 2.95. The molecule has 2 heterocycles. The van der Waals surface area contributed by atoms with Crippen LogP contribution in [0.25, 0.3) is 5.57 Å². The molecule has 0 saturated heterocycles. The first-order valence-electron chi connectivity index (χ1n) is 8.11. The second-order valence-electron chi connectivity index (χ2n) is 7.45. The average molecular weight is 363 g/mol. The lowest BCUT2D eigenvalue weighted by molar-refractivity contribution is -0.152. The van der Waals surface area contributed by atoms with Crippen LogP contribution in [0.2, 0.25) is 0 Å². The normalized spacial score (nSPS) is 26.8. The van der Waals surface area contributed by atoms with E-state index in [2.05, 4.69) is 4.74 Å². The molecule has 1 aromatic carbocycles. The molecule has 1 aromatic rings.